The summed E-state index contributed by atoms with van der Waals surface area (Å²) in [6.07, 6.45) is 10.9. The number of carbonyl (C=O) groups is 3. The van der Waals surface area contributed by atoms with E-state index in [2.05, 4.69) is 5.32 Å². The van der Waals surface area contributed by atoms with Gasteiger partial charge in [-0.3, -0.25) is 19.7 Å². The predicted molar refractivity (Wildman–Crippen MR) is 98.6 cm³/mol. The van der Waals surface area contributed by atoms with Crippen molar-refractivity contribution in [1.82, 2.24) is 5.32 Å². The predicted octanol–water partition coefficient (Wildman–Crippen LogP) is 2.98. The third-order valence-electron chi connectivity index (χ3n) is 5.31. The van der Waals surface area contributed by atoms with E-state index in [9.17, 15) is 14.4 Å². The first-order valence-electron chi connectivity index (χ1n) is 9.13. The third-order valence-corrected chi connectivity index (χ3v) is 6.31. The first-order valence-corrected chi connectivity index (χ1v) is 10.0. The maximum Gasteiger partial charge on any atom is 0.286 e. The Kier molecular flexibility index (Phi) is 6.53. The SMILES string of the molecule is COC1=CC=CCC1C(=O)COC1CCC(CC2SC(=O)NC2=O)CC1. The van der Waals surface area contributed by atoms with Gasteiger partial charge < -0.3 is 9.47 Å². The molecule has 142 valence electrons. The van der Waals surface area contributed by atoms with Crippen molar-refractivity contribution in [2.75, 3.05) is 13.7 Å². The molecule has 1 aliphatic heterocycles. The van der Waals surface area contributed by atoms with Gasteiger partial charge in [-0.1, -0.05) is 23.9 Å². The van der Waals surface area contributed by atoms with Gasteiger partial charge in [0.05, 0.1) is 24.4 Å². The zero-order valence-corrected chi connectivity index (χ0v) is 15.8. The van der Waals surface area contributed by atoms with E-state index in [0.29, 0.717) is 18.1 Å². The molecule has 1 saturated carbocycles. The Hall–Kier alpha value is -1.60. The Balaban J connectivity index is 1.38. The number of ketones is 1. The summed E-state index contributed by atoms with van der Waals surface area (Å²) in [6.45, 7) is 0.115. The molecule has 3 rings (SSSR count). The highest BCUT2D eigenvalue weighted by Crippen LogP contribution is 2.34. The summed E-state index contributed by atoms with van der Waals surface area (Å²) in [7, 11) is 1.59. The van der Waals surface area contributed by atoms with Crippen LogP contribution in [0.4, 0.5) is 4.79 Å². The standard InChI is InChI=1S/C19H25NO5S/c1-24-16-5-3-2-4-14(16)15(21)11-25-13-8-6-12(7-9-13)10-17-18(22)20-19(23)26-17/h2-3,5,12-14,17H,4,6-11H2,1H3,(H,20,22,23). The minimum atomic E-state index is -0.245. The number of methoxy groups -OCH3 is 1. The second kappa shape index (κ2) is 8.86. The van der Waals surface area contributed by atoms with Crippen LogP contribution >= 0.6 is 11.8 Å². The van der Waals surface area contributed by atoms with Crippen molar-refractivity contribution in [3.8, 4) is 0 Å². The molecular formula is C19H25NO5S. The fraction of sp³-hybridized carbons (Fsp3) is 0.632. The molecule has 1 saturated heterocycles. The number of carbonyl (C=O) groups excluding carboxylic acids is 3. The molecule has 1 heterocycles. The summed E-state index contributed by atoms with van der Waals surface area (Å²) in [6, 6.07) is 0. The molecule has 0 spiro atoms. The van der Waals surface area contributed by atoms with Crippen molar-refractivity contribution in [3.63, 3.8) is 0 Å². The van der Waals surface area contributed by atoms with Crippen molar-refractivity contribution < 1.29 is 23.9 Å². The molecule has 3 aliphatic rings. The lowest BCUT2D eigenvalue weighted by Gasteiger charge is -2.29. The summed E-state index contributed by atoms with van der Waals surface area (Å²) in [5, 5.41) is 1.86. The third kappa shape index (κ3) is 4.76. The molecule has 7 heteroatoms. The van der Waals surface area contributed by atoms with Gasteiger partial charge in [0.25, 0.3) is 5.24 Å². The monoisotopic (exact) mass is 379 g/mol. The normalized spacial score (nSPS) is 31.5. The van der Waals surface area contributed by atoms with Gasteiger partial charge in [-0.05, 0) is 50.5 Å². The summed E-state index contributed by atoms with van der Waals surface area (Å²) in [4.78, 5) is 35.3. The molecule has 0 bridgehead atoms. The van der Waals surface area contributed by atoms with Crippen LogP contribution in [0.25, 0.3) is 0 Å². The number of imide groups is 1. The van der Waals surface area contributed by atoms with Crippen LogP contribution in [-0.4, -0.2) is 42.0 Å². The van der Waals surface area contributed by atoms with Gasteiger partial charge in [0.15, 0.2) is 5.78 Å². The van der Waals surface area contributed by atoms with E-state index in [1.807, 2.05) is 18.2 Å². The number of amides is 2. The van der Waals surface area contributed by atoms with E-state index in [-0.39, 0.29) is 40.8 Å². The van der Waals surface area contributed by atoms with E-state index in [4.69, 9.17) is 9.47 Å². The molecular weight excluding hydrogens is 354 g/mol. The number of hydrogen-bond donors (Lipinski definition) is 1. The molecule has 2 atom stereocenters. The van der Waals surface area contributed by atoms with Gasteiger partial charge >= 0.3 is 0 Å². The summed E-state index contributed by atoms with van der Waals surface area (Å²) >= 11 is 1.10. The van der Waals surface area contributed by atoms with Crippen LogP contribution in [0, 0.1) is 11.8 Å². The average Bonchev–Trinajstić information content (AvgIpc) is 2.97. The lowest BCUT2D eigenvalue weighted by molar-refractivity contribution is -0.130. The van der Waals surface area contributed by atoms with Crippen LogP contribution in [0.2, 0.25) is 0 Å². The lowest BCUT2D eigenvalue weighted by atomic mass is 9.84. The highest BCUT2D eigenvalue weighted by molar-refractivity contribution is 8.15. The molecule has 2 aliphatic carbocycles. The van der Waals surface area contributed by atoms with Crippen LogP contribution in [0.15, 0.2) is 24.0 Å². The van der Waals surface area contributed by atoms with E-state index >= 15 is 0 Å². The quantitative estimate of drug-likeness (QED) is 0.732. The molecule has 6 nitrogen and oxygen atoms in total. The summed E-state index contributed by atoms with van der Waals surface area (Å²) in [5.41, 5.74) is 0. The van der Waals surface area contributed by atoms with Crippen molar-refractivity contribution in [2.24, 2.45) is 11.8 Å². The van der Waals surface area contributed by atoms with Crippen LogP contribution in [0.1, 0.15) is 38.5 Å². The number of allylic oxidation sites excluding steroid dienone is 4. The highest BCUT2D eigenvalue weighted by atomic mass is 32.2. The topological polar surface area (TPSA) is 81.7 Å². The molecule has 2 amide bonds. The van der Waals surface area contributed by atoms with E-state index in [0.717, 1.165) is 43.9 Å². The average molecular weight is 379 g/mol. The number of Topliss-reactive ketones (excluding diaryl/α,β-unsaturated/α-hetero) is 1. The van der Waals surface area contributed by atoms with Crippen molar-refractivity contribution in [2.45, 2.75) is 49.9 Å². The lowest BCUT2D eigenvalue weighted by Crippen LogP contribution is -2.30. The van der Waals surface area contributed by atoms with Crippen molar-refractivity contribution in [3.05, 3.63) is 24.0 Å². The first-order chi connectivity index (χ1) is 12.6. The molecule has 0 aromatic carbocycles. The molecule has 2 fully saturated rings. The van der Waals surface area contributed by atoms with Gasteiger partial charge in [-0.25, -0.2) is 0 Å². The fourth-order valence-electron chi connectivity index (χ4n) is 3.80. The highest BCUT2D eigenvalue weighted by Gasteiger charge is 2.35. The summed E-state index contributed by atoms with van der Waals surface area (Å²) < 4.78 is 11.1. The second-order valence-electron chi connectivity index (χ2n) is 7.03. The Morgan fingerprint density at radius 3 is 2.69 bits per heavy atom. The van der Waals surface area contributed by atoms with E-state index < -0.39 is 0 Å². The first kappa shape index (κ1) is 19.2. The maximum absolute atomic E-state index is 12.4. The number of nitrogens with one attached hydrogen (secondary N) is 1. The Morgan fingerprint density at radius 2 is 2.04 bits per heavy atom. The maximum atomic E-state index is 12.4. The Bertz CT molecular complexity index is 621. The van der Waals surface area contributed by atoms with Gasteiger partial charge in [0, 0.05) is 0 Å². The number of ether oxygens (including phenoxy) is 2. The zero-order valence-electron chi connectivity index (χ0n) is 14.9. The molecule has 0 radical (unpaired) electrons. The number of thioether (sulfide) groups is 1. The minimum absolute atomic E-state index is 0.0575. The van der Waals surface area contributed by atoms with Crippen LogP contribution in [0.5, 0.6) is 0 Å². The van der Waals surface area contributed by atoms with Gasteiger partial charge in [-0.15, -0.1) is 0 Å². The van der Waals surface area contributed by atoms with E-state index in [1.165, 1.54) is 0 Å². The fourth-order valence-corrected chi connectivity index (χ4v) is 4.75. The van der Waals surface area contributed by atoms with Crippen LogP contribution in [0.3, 0.4) is 0 Å². The molecule has 26 heavy (non-hydrogen) atoms. The number of rotatable bonds is 7. The Labute approximate surface area is 157 Å². The van der Waals surface area contributed by atoms with Gasteiger partial charge in [0.1, 0.15) is 12.4 Å². The molecule has 2 unspecified atom stereocenters. The van der Waals surface area contributed by atoms with Crippen LogP contribution in [-0.2, 0) is 19.1 Å². The Morgan fingerprint density at radius 1 is 1.27 bits per heavy atom. The van der Waals surface area contributed by atoms with Gasteiger partial charge in [0.2, 0.25) is 5.91 Å². The largest absolute Gasteiger partial charge is 0.500 e. The van der Waals surface area contributed by atoms with Crippen molar-refractivity contribution >= 4 is 28.7 Å². The molecule has 0 aromatic heterocycles. The van der Waals surface area contributed by atoms with Crippen LogP contribution < -0.4 is 5.32 Å². The van der Waals surface area contributed by atoms with E-state index in [1.54, 1.807) is 7.11 Å². The molecule has 1 N–H and O–H groups in total. The molecule has 0 aromatic rings. The minimum Gasteiger partial charge on any atom is -0.500 e. The second-order valence-corrected chi connectivity index (χ2v) is 8.20. The smallest absolute Gasteiger partial charge is 0.286 e. The zero-order chi connectivity index (χ0) is 18.5. The summed E-state index contributed by atoms with van der Waals surface area (Å²) in [5.74, 6) is 0.796. The van der Waals surface area contributed by atoms with Gasteiger partial charge in [-0.2, -0.15) is 0 Å². The van der Waals surface area contributed by atoms with Crippen molar-refractivity contribution in [1.29, 1.82) is 0 Å². The number of hydrogen-bond acceptors (Lipinski definition) is 6.